The van der Waals surface area contributed by atoms with Gasteiger partial charge in [0, 0.05) is 12.6 Å². The van der Waals surface area contributed by atoms with E-state index in [1.807, 2.05) is 0 Å². The van der Waals surface area contributed by atoms with Gasteiger partial charge in [0.25, 0.3) is 0 Å². The van der Waals surface area contributed by atoms with Crippen molar-refractivity contribution < 1.29 is 4.74 Å². The van der Waals surface area contributed by atoms with E-state index in [-0.39, 0.29) is 0 Å². The topological polar surface area (TPSA) is 24.5 Å². The number of rotatable bonds is 6. The molecule has 1 unspecified atom stereocenters. The van der Waals surface area contributed by atoms with Gasteiger partial charge in [-0.05, 0) is 58.7 Å². The Kier molecular flexibility index (Phi) is 4.62. The zero-order chi connectivity index (χ0) is 11.4. The van der Waals surface area contributed by atoms with Crippen molar-refractivity contribution in [3.05, 3.63) is 0 Å². The van der Waals surface area contributed by atoms with Crippen LogP contribution in [0, 0.1) is 5.92 Å². The molecule has 1 heterocycles. The molecular weight excluding hydrogens is 200 g/mol. The van der Waals surface area contributed by atoms with Crippen molar-refractivity contribution >= 4 is 0 Å². The fraction of sp³-hybridized carbons (Fsp3) is 1.00. The zero-order valence-electron chi connectivity index (χ0n) is 10.7. The van der Waals surface area contributed by atoms with E-state index in [0.29, 0.717) is 6.10 Å². The van der Waals surface area contributed by atoms with Gasteiger partial charge in [-0.1, -0.05) is 0 Å². The fourth-order valence-corrected chi connectivity index (χ4v) is 2.47. The average Bonchev–Trinajstić information content (AvgIpc) is 3.13. The van der Waals surface area contributed by atoms with Crippen LogP contribution in [0.2, 0.25) is 0 Å². The minimum absolute atomic E-state index is 0.505. The number of piperidine rings is 1. The van der Waals surface area contributed by atoms with Crippen molar-refractivity contribution in [3.8, 4) is 0 Å². The molecule has 1 aliphatic carbocycles. The minimum Gasteiger partial charge on any atom is -0.377 e. The highest BCUT2D eigenvalue weighted by Crippen LogP contribution is 2.34. The highest BCUT2D eigenvalue weighted by atomic mass is 16.5. The molecule has 1 N–H and O–H groups in total. The molecule has 1 aliphatic heterocycles. The number of likely N-dealkylation sites (N-methyl/N-ethyl adjacent to an activating group) is 1. The van der Waals surface area contributed by atoms with Gasteiger partial charge in [0.05, 0.1) is 12.7 Å². The van der Waals surface area contributed by atoms with Crippen LogP contribution in [-0.4, -0.2) is 50.3 Å². The van der Waals surface area contributed by atoms with Gasteiger partial charge in [-0.3, -0.25) is 0 Å². The molecule has 3 nitrogen and oxygen atoms in total. The lowest BCUT2D eigenvalue weighted by molar-refractivity contribution is 0.0180. The van der Waals surface area contributed by atoms with Crippen molar-refractivity contribution in [3.63, 3.8) is 0 Å². The summed E-state index contributed by atoms with van der Waals surface area (Å²) in [5, 5.41) is 3.36. The summed E-state index contributed by atoms with van der Waals surface area (Å²) >= 11 is 0. The second-order valence-electron chi connectivity index (χ2n) is 5.38. The molecule has 3 heteroatoms. The Morgan fingerprint density at radius 1 is 1.25 bits per heavy atom. The van der Waals surface area contributed by atoms with Crippen LogP contribution in [0.4, 0.5) is 0 Å². The molecule has 2 aliphatic rings. The highest BCUT2D eigenvalue weighted by molar-refractivity contribution is 4.84. The molecule has 0 aromatic rings. The summed E-state index contributed by atoms with van der Waals surface area (Å²) < 4.78 is 5.92. The molecule has 1 saturated carbocycles. The predicted octanol–water partition coefficient (Wildman–Crippen LogP) is 1.49. The van der Waals surface area contributed by atoms with Crippen LogP contribution in [0.3, 0.4) is 0 Å². The molecule has 0 amide bonds. The van der Waals surface area contributed by atoms with Crippen LogP contribution < -0.4 is 5.32 Å². The van der Waals surface area contributed by atoms with E-state index in [0.717, 1.165) is 38.2 Å². The Labute approximate surface area is 99.5 Å². The van der Waals surface area contributed by atoms with Crippen LogP contribution in [-0.2, 0) is 4.74 Å². The Bertz CT molecular complexity index is 200. The molecule has 1 atom stereocenters. The SMILES string of the molecule is CC(C1CC1)N(C)CCOC1CCNCC1. The van der Waals surface area contributed by atoms with E-state index < -0.39 is 0 Å². The summed E-state index contributed by atoms with van der Waals surface area (Å²) in [5.41, 5.74) is 0. The number of hydrogen-bond donors (Lipinski definition) is 1. The van der Waals surface area contributed by atoms with Gasteiger partial charge in [0.1, 0.15) is 0 Å². The average molecular weight is 226 g/mol. The standard InChI is InChI=1S/C13H26N2O/c1-11(12-3-4-12)15(2)9-10-16-13-5-7-14-8-6-13/h11-14H,3-10H2,1-2H3. The van der Waals surface area contributed by atoms with Crippen LogP contribution in [0.25, 0.3) is 0 Å². The van der Waals surface area contributed by atoms with Gasteiger partial charge in [0.15, 0.2) is 0 Å². The smallest absolute Gasteiger partial charge is 0.0600 e. The number of nitrogens with one attached hydrogen (secondary N) is 1. The van der Waals surface area contributed by atoms with E-state index in [1.54, 1.807) is 0 Å². The third-order valence-corrected chi connectivity index (χ3v) is 4.08. The summed E-state index contributed by atoms with van der Waals surface area (Å²) in [5.74, 6) is 0.962. The van der Waals surface area contributed by atoms with Gasteiger partial charge in [-0.25, -0.2) is 0 Å². The van der Waals surface area contributed by atoms with Crippen LogP contribution in [0.5, 0.6) is 0 Å². The zero-order valence-corrected chi connectivity index (χ0v) is 10.7. The number of hydrogen-bond acceptors (Lipinski definition) is 3. The van der Waals surface area contributed by atoms with Crippen molar-refractivity contribution in [2.45, 2.75) is 44.8 Å². The maximum Gasteiger partial charge on any atom is 0.0600 e. The summed E-state index contributed by atoms with van der Waals surface area (Å²) in [6, 6.07) is 0.747. The van der Waals surface area contributed by atoms with Crippen molar-refractivity contribution in [2.24, 2.45) is 5.92 Å². The largest absolute Gasteiger partial charge is 0.377 e. The first-order valence-corrected chi connectivity index (χ1v) is 6.80. The van der Waals surface area contributed by atoms with Crippen LogP contribution >= 0.6 is 0 Å². The molecule has 0 aromatic heterocycles. The Morgan fingerprint density at radius 3 is 2.56 bits per heavy atom. The lowest BCUT2D eigenvalue weighted by Crippen LogP contribution is -2.36. The molecule has 0 spiro atoms. The Morgan fingerprint density at radius 2 is 1.94 bits per heavy atom. The monoisotopic (exact) mass is 226 g/mol. The summed E-state index contributed by atoms with van der Waals surface area (Å²) in [4.78, 5) is 2.46. The predicted molar refractivity (Wildman–Crippen MR) is 66.7 cm³/mol. The Balaban J connectivity index is 1.55. The van der Waals surface area contributed by atoms with Gasteiger partial charge in [-0.15, -0.1) is 0 Å². The molecule has 94 valence electrons. The Hall–Kier alpha value is -0.120. The summed E-state index contributed by atoms with van der Waals surface area (Å²) in [6.45, 7) is 6.58. The normalized spacial score (nSPS) is 24.9. The first-order valence-electron chi connectivity index (χ1n) is 6.80. The number of nitrogens with zero attached hydrogens (tertiary/aromatic N) is 1. The second kappa shape index (κ2) is 5.99. The molecule has 2 fully saturated rings. The molecule has 0 aromatic carbocycles. The fourth-order valence-electron chi connectivity index (χ4n) is 2.47. The van der Waals surface area contributed by atoms with Gasteiger partial charge < -0.3 is 15.0 Å². The highest BCUT2D eigenvalue weighted by Gasteiger charge is 2.30. The van der Waals surface area contributed by atoms with Crippen molar-refractivity contribution in [1.82, 2.24) is 10.2 Å². The van der Waals surface area contributed by atoms with Crippen molar-refractivity contribution in [2.75, 3.05) is 33.3 Å². The van der Waals surface area contributed by atoms with E-state index in [2.05, 4.69) is 24.2 Å². The molecule has 0 radical (unpaired) electrons. The third kappa shape index (κ3) is 3.72. The van der Waals surface area contributed by atoms with E-state index in [4.69, 9.17) is 4.74 Å². The molecule has 2 rings (SSSR count). The number of ether oxygens (including phenoxy) is 1. The van der Waals surface area contributed by atoms with Crippen molar-refractivity contribution in [1.29, 1.82) is 0 Å². The first kappa shape index (κ1) is 12.3. The van der Waals surface area contributed by atoms with Gasteiger partial charge >= 0.3 is 0 Å². The molecule has 1 saturated heterocycles. The maximum absolute atomic E-state index is 5.92. The summed E-state index contributed by atoms with van der Waals surface area (Å²) in [6.07, 6.45) is 5.73. The maximum atomic E-state index is 5.92. The van der Waals surface area contributed by atoms with E-state index in [9.17, 15) is 0 Å². The first-order chi connectivity index (χ1) is 7.77. The molecule has 0 bridgehead atoms. The third-order valence-electron chi connectivity index (χ3n) is 4.08. The quantitative estimate of drug-likeness (QED) is 0.742. The van der Waals surface area contributed by atoms with Gasteiger partial charge in [-0.2, -0.15) is 0 Å². The van der Waals surface area contributed by atoms with E-state index >= 15 is 0 Å². The lowest BCUT2D eigenvalue weighted by Gasteiger charge is -2.27. The lowest BCUT2D eigenvalue weighted by atomic mass is 10.1. The summed E-state index contributed by atoms with van der Waals surface area (Å²) in [7, 11) is 2.23. The van der Waals surface area contributed by atoms with Crippen LogP contribution in [0.15, 0.2) is 0 Å². The minimum atomic E-state index is 0.505. The van der Waals surface area contributed by atoms with E-state index in [1.165, 1.54) is 25.7 Å². The van der Waals surface area contributed by atoms with Crippen LogP contribution in [0.1, 0.15) is 32.6 Å². The van der Waals surface area contributed by atoms with Gasteiger partial charge in [0.2, 0.25) is 0 Å². The molecular formula is C13H26N2O. The molecule has 16 heavy (non-hydrogen) atoms. The second-order valence-corrected chi connectivity index (χ2v) is 5.38.